The molecule has 0 spiro atoms. The van der Waals surface area contributed by atoms with E-state index >= 15 is 0 Å². The van der Waals surface area contributed by atoms with E-state index in [4.69, 9.17) is 9.47 Å². The lowest BCUT2D eigenvalue weighted by atomic mass is 10.0. The number of nitrogens with one attached hydrogen (secondary N) is 1. The lowest BCUT2D eigenvalue weighted by Crippen LogP contribution is -2.40. The number of rotatable bonds is 5. The lowest BCUT2D eigenvalue weighted by Gasteiger charge is -2.26. The fourth-order valence-electron chi connectivity index (χ4n) is 2.27. The van der Waals surface area contributed by atoms with E-state index in [1.54, 1.807) is 21.1 Å². The van der Waals surface area contributed by atoms with Gasteiger partial charge < -0.3 is 14.8 Å². The van der Waals surface area contributed by atoms with Gasteiger partial charge in [-0.05, 0) is 6.92 Å². The van der Waals surface area contributed by atoms with Gasteiger partial charge in [-0.2, -0.15) is 5.10 Å². The molecule has 0 amide bonds. The molecule has 19 heavy (non-hydrogen) atoms. The third-order valence-corrected chi connectivity index (χ3v) is 3.45. The van der Waals surface area contributed by atoms with Crippen LogP contribution in [-0.2, 0) is 16.5 Å². The van der Waals surface area contributed by atoms with Crippen LogP contribution in [0.5, 0.6) is 0 Å². The fourth-order valence-corrected chi connectivity index (χ4v) is 2.27. The fraction of sp³-hybridized carbons (Fsp3) is 0.727. The Morgan fingerprint density at radius 2 is 2.42 bits per heavy atom. The summed E-state index contributed by atoms with van der Waals surface area (Å²) in [6.45, 7) is 3.19. The Morgan fingerprint density at radius 1 is 1.68 bits per heavy atom. The van der Waals surface area contributed by atoms with Crippen molar-refractivity contribution in [3.05, 3.63) is 15.8 Å². The Kier molecular flexibility index (Phi) is 3.72. The predicted molar refractivity (Wildman–Crippen MR) is 68.3 cm³/mol. The van der Waals surface area contributed by atoms with Crippen molar-refractivity contribution >= 4 is 11.5 Å². The van der Waals surface area contributed by atoms with Gasteiger partial charge in [-0.1, -0.05) is 0 Å². The second kappa shape index (κ2) is 5.14. The quantitative estimate of drug-likeness (QED) is 0.630. The maximum Gasteiger partial charge on any atom is 0.333 e. The molecule has 1 aliphatic heterocycles. The average molecular weight is 270 g/mol. The molecule has 1 fully saturated rings. The largest absolute Gasteiger partial charge is 0.378 e. The summed E-state index contributed by atoms with van der Waals surface area (Å²) in [6, 6.07) is 0. The van der Waals surface area contributed by atoms with Crippen LogP contribution in [0.2, 0.25) is 0 Å². The Morgan fingerprint density at radius 3 is 2.95 bits per heavy atom. The molecule has 1 aromatic heterocycles. The molecule has 8 heteroatoms. The van der Waals surface area contributed by atoms with Crippen molar-refractivity contribution in [3.63, 3.8) is 0 Å². The number of hydrogen-bond donors (Lipinski definition) is 1. The summed E-state index contributed by atoms with van der Waals surface area (Å²) in [6.07, 6.45) is 0.765. The van der Waals surface area contributed by atoms with Crippen LogP contribution in [0.1, 0.15) is 12.1 Å². The second-order valence-electron chi connectivity index (χ2n) is 4.71. The van der Waals surface area contributed by atoms with Crippen LogP contribution >= 0.6 is 0 Å². The molecule has 8 nitrogen and oxygen atoms in total. The molecule has 1 aromatic rings. The molecule has 106 valence electrons. The molecule has 0 radical (unpaired) electrons. The number of ether oxygens (including phenoxy) is 2. The monoisotopic (exact) mass is 270 g/mol. The highest BCUT2D eigenvalue weighted by atomic mass is 16.6. The van der Waals surface area contributed by atoms with Crippen LogP contribution in [-0.4, -0.2) is 47.2 Å². The van der Waals surface area contributed by atoms with Crippen LogP contribution < -0.4 is 5.32 Å². The lowest BCUT2D eigenvalue weighted by molar-refractivity contribution is -0.384. The van der Waals surface area contributed by atoms with E-state index in [1.165, 1.54) is 4.68 Å². The number of nitro groups is 1. The van der Waals surface area contributed by atoms with Crippen molar-refractivity contribution in [1.82, 2.24) is 9.78 Å². The zero-order chi connectivity index (χ0) is 14.0. The molecule has 1 aliphatic rings. The van der Waals surface area contributed by atoms with Crippen molar-refractivity contribution in [2.75, 3.05) is 32.2 Å². The summed E-state index contributed by atoms with van der Waals surface area (Å²) in [5, 5.41) is 18.2. The molecular weight excluding hydrogens is 252 g/mol. The first-order chi connectivity index (χ1) is 8.99. The number of methoxy groups -OCH3 is 1. The van der Waals surface area contributed by atoms with E-state index < -0.39 is 10.5 Å². The Balaban J connectivity index is 2.17. The SMILES string of the molecule is COC1(CNc2c([N+](=O)[O-])c(C)nn2C)CCOC1. The Bertz CT molecular complexity index is 479. The summed E-state index contributed by atoms with van der Waals surface area (Å²) in [4.78, 5) is 10.6. The van der Waals surface area contributed by atoms with Crippen LogP contribution in [0, 0.1) is 17.0 Å². The number of aromatic nitrogens is 2. The highest BCUT2D eigenvalue weighted by Crippen LogP contribution is 2.29. The van der Waals surface area contributed by atoms with Gasteiger partial charge in [-0.3, -0.25) is 10.1 Å². The molecular formula is C11H18N4O4. The molecule has 0 aromatic carbocycles. The van der Waals surface area contributed by atoms with Crippen LogP contribution in [0.15, 0.2) is 0 Å². The highest BCUT2D eigenvalue weighted by Gasteiger charge is 2.36. The van der Waals surface area contributed by atoms with Crippen LogP contribution in [0.25, 0.3) is 0 Å². The molecule has 0 aliphatic carbocycles. The normalized spacial score (nSPS) is 22.7. The number of hydrogen-bond acceptors (Lipinski definition) is 6. The molecule has 0 saturated carbocycles. The van der Waals surface area contributed by atoms with Crippen molar-refractivity contribution in [2.45, 2.75) is 18.9 Å². The van der Waals surface area contributed by atoms with Crippen molar-refractivity contribution in [2.24, 2.45) is 7.05 Å². The first-order valence-corrected chi connectivity index (χ1v) is 6.04. The molecule has 2 rings (SSSR count). The topological polar surface area (TPSA) is 91.5 Å². The first-order valence-electron chi connectivity index (χ1n) is 6.04. The highest BCUT2D eigenvalue weighted by molar-refractivity contribution is 5.59. The van der Waals surface area contributed by atoms with Gasteiger partial charge in [0.1, 0.15) is 11.3 Å². The molecule has 1 saturated heterocycles. The van der Waals surface area contributed by atoms with Gasteiger partial charge in [0.15, 0.2) is 0 Å². The van der Waals surface area contributed by atoms with Crippen LogP contribution in [0.4, 0.5) is 11.5 Å². The Labute approximate surface area is 110 Å². The molecule has 1 N–H and O–H groups in total. The van der Waals surface area contributed by atoms with Crippen molar-refractivity contribution < 1.29 is 14.4 Å². The smallest absolute Gasteiger partial charge is 0.333 e. The average Bonchev–Trinajstić information content (AvgIpc) is 2.92. The van der Waals surface area contributed by atoms with Crippen molar-refractivity contribution in [1.29, 1.82) is 0 Å². The first kappa shape index (κ1) is 13.8. The molecule has 1 atom stereocenters. The van der Waals surface area contributed by atoms with Gasteiger partial charge >= 0.3 is 5.69 Å². The maximum atomic E-state index is 11.1. The standard InChI is InChI=1S/C11H18N4O4/c1-8-9(15(16)17)10(14(2)13-8)12-6-11(18-3)4-5-19-7-11/h12H,4-7H2,1-3H3. The van der Waals surface area contributed by atoms with Gasteiger partial charge in [-0.15, -0.1) is 0 Å². The third kappa shape index (κ3) is 2.54. The molecule has 1 unspecified atom stereocenters. The van der Waals surface area contributed by atoms with E-state index in [0.717, 1.165) is 6.42 Å². The summed E-state index contributed by atoms with van der Waals surface area (Å²) >= 11 is 0. The van der Waals surface area contributed by atoms with E-state index in [1.807, 2.05) is 0 Å². The van der Waals surface area contributed by atoms with Crippen LogP contribution in [0.3, 0.4) is 0 Å². The molecule has 2 heterocycles. The summed E-state index contributed by atoms with van der Waals surface area (Å²) in [5.74, 6) is 0.394. The zero-order valence-electron chi connectivity index (χ0n) is 11.3. The maximum absolute atomic E-state index is 11.1. The van der Waals surface area contributed by atoms with Gasteiger partial charge in [0.05, 0.1) is 11.5 Å². The van der Waals surface area contributed by atoms with E-state index in [9.17, 15) is 10.1 Å². The number of nitrogens with zero attached hydrogens (tertiary/aromatic N) is 3. The van der Waals surface area contributed by atoms with E-state index in [0.29, 0.717) is 31.3 Å². The minimum absolute atomic E-state index is 0.00710. The van der Waals surface area contributed by atoms with E-state index in [2.05, 4.69) is 10.4 Å². The zero-order valence-corrected chi connectivity index (χ0v) is 11.3. The number of aryl methyl sites for hydroxylation is 2. The molecule has 0 bridgehead atoms. The van der Waals surface area contributed by atoms with Gasteiger partial charge in [-0.25, -0.2) is 4.68 Å². The Hall–Kier alpha value is -1.67. The van der Waals surface area contributed by atoms with E-state index in [-0.39, 0.29) is 5.69 Å². The number of anilines is 1. The van der Waals surface area contributed by atoms with Gasteiger partial charge in [0.2, 0.25) is 5.82 Å². The second-order valence-corrected chi connectivity index (χ2v) is 4.71. The van der Waals surface area contributed by atoms with Gasteiger partial charge in [0, 0.05) is 33.7 Å². The summed E-state index contributed by atoms with van der Waals surface area (Å²) in [7, 11) is 3.30. The summed E-state index contributed by atoms with van der Waals surface area (Å²) in [5.41, 5.74) is -0.0247. The third-order valence-electron chi connectivity index (χ3n) is 3.45. The van der Waals surface area contributed by atoms with Crippen molar-refractivity contribution in [3.8, 4) is 0 Å². The van der Waals surface area contributed by atoms with Gasteiger partial charge in [0.25, 0.3) is 0 Å². The minimum Gasteiger partial charge on any atom is -0.378 e. The predicted octanol–water partition coefficient (Wildman–Crippen LogP) is 0.854. The minimum atomic E-state index is -0.425. The summed E-state index contributed by atoms with van der Waals surface area (Å²) < 4.78 is 12.3.